The Balaban J connectivity index is 1.85. The van der Waals surface area contributed by atoms with Gasteiger partial charge in [-0.1, -0.05) is 45.7 Å². The number of anilines is 1. The Kier molecular flexibility index (Phi) is 3.99. The maximum absolute atomic E-state index is 6.24. The normalized spacial score (nSPS) is 10.8. The van der Waals surface area contributed by atoms with Gasteiger partial charge in [-0.25, -0.2) is 0 Å². The van der Waals surface area contributed by atoms with E-state index in [2.05, 4.69) is 21.0 Å². The molecule has 21 heavy (non-hydrogen) atoms. The standard InChI is InChI=1S/C16H13BrClN3/c17-14-5-4-12(16(18)7-14)9-21-10-13(8-20-21)11-2-1-3-15(19)6-11/h1-8,10H,9,19H2. The van der Waals surface area contributed by atoms with E-state index < -0.39 is 0 Å². The Morgan fingerprint density at radius 1 is 1.14 bits per heavy atom. The van der Waals surface area contributed by atoms with Gasteiger partial charge in [-0.2, -0.15) is 5.10 Å². The van der Waals surface area contributed by atoms with Crippen molar-refractivity contribution in [2.45, 2.75) is 6.54 Å². The van der Waals surface area contributed by atoms with E-state index in [1.54, 1.807) is 0 Å². The highest BCUT2D eigenvalue weighted by Gasteiger charge is 2.05. The smallest absolute Gasteiger partial charge is 0.0674 e. The van der Waals surface area contributed by atoms with Gasteiger partial charge in [0.1, 0.15) is 0 Å². The van der Waals surface area contributed by atoms with Gasteiger partial charge in [0.05, 0.1) is 12.7 Å². The van der Waals surface area contributed by atoms with Crippen LogP contribution in [0.15, 0.2) is 59.3 Å². The highest BCUT2D eigenvalue weighted by atomic mass is 79.9. The van der Waals surface area contributed by atoms with Crippen molar-refractivity contribution in [2.75, 3.05) is 5.73 Å². The van der Waals surface area contributed by atoms with Crippen LogP contribution in [0.3, 0.4) is 0 Å². The van der Waals surface area contributed by atoms with E-state index in [-0.39, 0.29) is 0 Å². The van der Waals surface area contributed by atoms with Gasteiger partial charge >= 0.3 is 0 Å². The number of nitrogens with zero attached hydrogens (tertiary/aromatic N) is 2. The van der Waals surface area contributed by atoms with Gasteiger partial charge in [0.25, 0.3) is 0 Å². The molecule has 0 spiro atoms. The predicted molar refractivity (Wildman–Crippen MR) is 90.3 cm³/mol. The number of halogens is 2. The number of benzene rings is 2. The molecule has 0 bridgehead atoms. The molecule has 0 amide bonds. The van der Waals surface area contributed by atoms with E-state index in [0.717, 1.165) is 31.9 Å². The molecular formula is C16H13BrClN3. The Morgan fingerprint density at radius 3 is 2.76 bits per heavy atom. The quantitative estimate of drug-likeness (QED) is 0.692. The second-order valence-corrected chi connectivity index (χ2v) is 6.11. The van der Waals surface area contributed by atoms with Crippen molar-refractivity contribution in [3.05, 3.63) is 69.9 Å². The number of rotatable bonds is 3. The van der Waals surface area contributed by atoms with Gasteiger partial charge in [-0.3, -0.25) is 4.68 Å². The molecule has 5 heteroatoms. The first-order valence-corrected chi connectivity index (χ1v) is 7.61. The first-order chi connectivity index (χ1) is 10.1. The minimum atomic E-state index is 0.633. The lowest BCUT2D eigenvalue weighted by Crippen LogP contribution is -2.00. The van der Waals surface area contributed by atoms with Gasteiger partial charge < -0.3 is 5.73 Å². The second kappa shape index (κ2) is 5.92. The monoisotopic (exact) mass is 361 g/mol. The van der Waals surface area contributed by atoms with Gasteiger partial charge in [0.15, 0.2) is 0 Å². The van der Waals surface area contributed by atoms with E-state index in [4.69, 9.17) is 17.3 Å². The lowest BCUT2D eigenvalue weighted by molar-refractivity contribution is 0.687. The summed E-state index contributed by atoms with van der Waals surface area (Å²) in [6.45, 7) is 0.633. The fourth-order valence-electron chi connectivity index (χ4n) is 2.14. The summed E-state index contributed by atoms with van der Waals surface area (Å²) in [5.41, 5.74) is 9.68. The molecule has 106 valence electrons. The zero-order chi connectivity index (χ0) is 14.8. The Morgan fingerprint density at radius 2 is 2.00 bits per heavy atom. The topological polar surface area (TPSA) is 43.8 Å². The molecule has 0 radical (unpaired) electrons. The van der Waals surface area contributed by atoms with Crippen molar-refractivity contribution in [1.29, 1.82) is 0 Å². The van der Waals surface area contributed by atoms with Gasteiger partial charge in [-0.05, 0) is 35.4 Å². The Labute approximate surface area is 136 Å². The van der Waals surface area contributed by atoms with Crippen molar-refractivity contribution in [3.8, 4) is 11.1 Å². The molecule has 0 saturated carbocycles. The molecule has 0 aliphatic carbocycles. The minimum absolute atomic E-state index is 0.633. The maximum Gasteiger partial charge on any atom is 0.0674 e. The Hall–Kier alpha value is -1.78. The maximum atomic E-state index is 6.24. The molecule has 0 unspecified atom stereocenters. The first kappa shape index (κ1) is 14.2. The lowest BCUT2D eigenvalue weighted by atomic mass is 10.1. The molecule has 0 fully saturated rings. The number of aromatic nitrogens is 2. The van der Waals surface area contributed by atoms with Gasteiger partial charge in [0.2, 0.25) is 0 Å². The summed E-state index contributed by atoms with van der Waals surface area (Å²) in [7, 11) is 0. The van der Waals surface area contributed by atoms with Crippen LogP contribution in [0, 0.1) is 0 Å². The van der Waals surface area contributed by atoms with Crippen LogP contribution in [0.25, 0.3) is 11.1 Å². The summed E-state index contributed by atoms with van der Waals surface area (Å²) in [6.07, 6.45) is 3.83. The van der Waals surface area contributed by atoms with Crippen molar-refractivity contribution in [3.63, 3.8) is 0 Å². The van der Waals surface area contributed by atoms with Crippen molar-refractivity contribution >= 4 is 33.2 Å². The molecule has 3 aromatic rings. The SMILES string of the molecule is Nc1cccc(-c2cnn(Cc3ccc(Br)cc3Cl)c2)c1. The van der Waals surface area contributed by atoms with Crippen LogP contribution in [0.1, 0.15) is 5.56 Å². The Bertz CT molecular complexity index is 783. The molecule has 2 aromatic carbocycles. The largest absolute Gasteiger partial charge is 0.399 e. The third kappa shape index (κ3) is 3.28. The fourth-order valence-corrected chi connectivity index (χ4v) is 2.87. The number of hydrogen-bond acceptors (Lipinski definition) is 2. The second-order valence-electron chi connectivity index (χ2n) is 4.79. The summed E-state index contributed by atoms with van der Waals surface area (Å²) in [5.74, 6) is 0. The van der Waals surface area contributed by atoms with E-state index >= 15 is 0 Å². The molecule has 0 aliphatic rings. The highest BCUT2D eigenvalue weighted by molar-refractivity contribution is 9.10. The van der Waals surface area contributed by atoms with E-state index in [9.17, 15) is 0 Å². The third-order valence-corrected chi connectivity index (χ3v) is 4.05. The average molecular weight is 363 g/mol. The van der Waals surface area contributed by atoms with Gasteiger partial charge in [-0.15, -0.1) is 0 Å². The number of nitrogens with two attached hydrogens (primary N) is 1. The van der Waals surface area contributed by atoms with Crippen molar-refractivity contribution in [1.82, 2.24) is 9.78 Å². The summed E-state index contributed by atoms with van der Waals surface area (Å²) in [6, 6.07) is 13.6. The highest BCUT2D eigenvalue weighted by Crippen LogP contribution is 2.24. The van der Waals surface area contributed by atoms with Crippen LogP contribution < -0.4 is 5.73 Å². The van der Waals surface area contributed by atoms with E-state index in [0.29, 0.717) is 6.54 Å². The summed E-state index contributed by atoms with van der Waals surface area (Å²) in [5, 5.41) is 5.11. The molecule has 0 aliphatic heterocycles. The third-order valence-electron chi connectivity index (χ3n) is 3.20. The van der Waals surface area contributed by atoms with Crippen LogP contribution in [-0.2, 0) is 6.54 Å². The average Bonchev–Trinajstić information content (AvgIpc) is 2.91. The number of hydrogen-bond donors (Lipinski definition) is 1. The molecule has 0 saturated heterocycles. The molecular weight excluding hydrogens is 350 g/mol. The molecule has 0 atom stereocenters. The van der Waals surface area contributed by atoms with E-state index in [1.165, 1.54) is 0 Å². The van der Waals surface area contributed by atoms with Crippen LogP contribution in [0.5, 0.6) is 0 Å². The molecule has 1 heterocycles. The van der Waals surface area contributed by atoms with Crippen LogP contribution >= 0.6 is 27.5 Å². The summed E-state index contributed by atoms with van der Waals surface area (Å²) >= 11 is 9.64. The van der Waals surface area contributed by atoms with Crippen LogP contribution in [-0.4, -0.2) is 9.78 Å². The predicted octanol–water partition coefficient (Wildman–Crippen LogP) is 4.60. The fraction of sp³-hybridized carbons (Fsp3) is 0.0625. The molecule has 1 aromatic heterocycles. The van der Waals surface area contributed by atoms with E-state index in [1.807, 2.05) is 59.5 Å². The zero-order valence-corrected chi connectivity index (χ0v) is 13.5. The lowest BCUT2D eigenvalue weighted by Gasteiger charge is -2.05. The molecule has 3 rings (SSSR count). The minimum Gasteiger partial charge on any atom is -0.399 e. The first-order valence-electron chi connectivity index (χ1n) is 6.44. The van der Waals surface area contributed by atoms with Crippen molar-refractivity contribution in [2.24, 2.45) is 0 Å². The number of nitrogen functional groups attached to an aromatic ring is 1. The van der Waals surface area contributed by atoms with Crippen LogP contribution in [0.2, 0.25) is 5.02 Å². The summed E-state index contributed by atoms with van der Waals surface area (Å²) in [4.78, 5) is 0. The summed E-state index contributed by atoms with van der Waals surface area (Å²) < 4.78 is 2.84. The van der Waals surface area contributed by atoms with Crippen molar-refractivity contribution < 1.29 is 0 Å². The molecule has 2 N–H and O–H groups in total. The molecule has 3 nitrogen and oxygen atoms in total. The zero-order valence-electron chi connectivity index (χ0n) is 11.1. The van der Waals surface area contributed by atoms with Gasteiger partial charge in [0, 0.05) is 26.9 Å². The van der Waals surface area contributed by atoms with Crippen LogP contribution in [0.4, 0.5) is 5.69 Å².